The fourth-order valence-electron chi connectivity index (χ4n) is 2.45. The molecule has 1 heterocycles. The fourth-order valence-corrected chi connectivity index (χ4v) is 4.16. The monoisotopic (exact) mass is 316 g/mol. The zero-order chi connectivity index (χ0) is 14.4. The molecule has 0 aliphatic carbocycles. The van der Waals surface area contributed by atoms with Crippen LogP contribution < -0.4 is 0 Å². The summed E-state index contributed by atoms with van der Waals surface area (Å²) in [6.07, 6.45) is 4.32. The number of halogens is 1. The first-order valence-corrected chi connectivity index (χ1v) is 9.31. The molecule has 1 aromatic rings. The summed E-state index contributed by atoms with van der Waals surface area (Å²) in [7, 11) is -3.01. The van der Waals surface area contributed by atoms with Crippen molar-refractivity contribution in [3.8, 4) is 0 Å². The van der Waals surface area contributed by atoms with Crippen LogP contribution in [-0.2, 0) is 21.0 Å². The van der Waals surface area contributed by atoms with Crippen molar-refractivity contribution in [2.24, 2.45) is 0 Å². The highest BCUT2D eigenvalue weighted by Gasteiger charge is 2.21. The zero-order valence-corrected chi connectivity index (χ0v) is 13.1. The molecule has 1 aliphatic rings. The molecule has 0 saturated carbocycles. The quantitative estimate of drug-likeness (QED) is 0.809. The Bertz CT molecular complexity index is 504. The van der Waals surface area contributed by atoms with Crippen LogP contribution in [0.2, 0.25) is 5.02 Å². The van der Waals surface area contributed by atoms with Crippen molar-refractivity contribution in [3.63, 3.8) is 0 Å². The number of hydrogen-bond acceptors (Lipinski definition) is 3. The van der Waals surface area contributed by atoms with E-state index in [2.05, 4.69) is 0 Å². The highest BCUT2D eigenvalue weighted by atomic mass is 35.5. The minimum Gasteiger partial charge on any atom is -0.377 e. The van der Waals surface area contributed by atoms with Gasteiger partial charge in [0.2, 0.25) is 0 Å². The molecular weight excluding hydrogens is 296 g/mol. The van der Waals surface area contributed by atoms with E-state index in [1.807, 2.05) is 24.3 Å². The van der Waals surface area contributed by atoms with Gasteiger partial charge in [0, 0.05) is 11.6 Å². The van der Waals surface area contributed by atoms with Crippen LogP contribution in [0.1, 0.15) is 31.2 Å². The number of aryl methyl sites for hydroxylation is 1. The molecule has 5 heteroatoms. The second kappa shape index (κ2) is 7.43. The van der Waals surface area contributed by atoms with E-state index in [0.29, 0.717) is 18.1 Å². The van der Waals surface area contributed by atoms with Gasteiger partial charge in [0.1, 0.15) is 0 Å². The Labute approximate surface area is 126 Å². The number of hydrogen-bond donors (Lipinski definition) is 0. The molecule has 0 radical (unpaired) electrons. The molecule has 1 aliphatic heterocycles. The maximum atomic E-state index is 12.0. The van der Waals surface area contributed by atoms with Gasteiger partial charge in [-0.3, -0.25) is 0 Å². The summed E-state index contributed by atoms with van der Waals surface area (Å²) in [6.45, 7) is 0.699. The van der Waals surface area contributed by atoms with Crippen LogP contribution in [0.25, 0.3) is 0 Å². The summed E-state index contributed by atoms with van der Waals surface area (Å²) in [5.74, 6) is 0.406. The van der Waals surface area contributed by atoms with Gasteiger partial charge in [-0.25, -0.2) is 8.42 Å². The predicted molar refractivity (Wildman–Crippen MR) is 82.0 cm³/mol. The minimum atomic E-state index is -3.01. The first kappa shape index (κ1) is 15.8. The van der Waals surface area contributed by atoms with Gasteiger partial charge in [0.25, 0.3) is 0 Å². The average molecular weight is 317 g/mol. The van der Waals surface area contributed by atoms with E-state index in [4.69, 9.17) is 16.3 Å². The first-order valence-electron chi connectivity index (χ1n) is 7.12. The van der Waals surface area contributed by atoms with Gasteiger partial charge >= 0.3 is 0 Å². The average Bonchev–Trinajstić information content (AvgIpc) is 2.41. The second-order valence-electron chi connectivity index (χ2n) is 5.33. The third-order valence-electron chi connectivity index (χ3n) is 3.55. The molecule has 20 heavy (non-hydrogen) atoms. The summed E-state index contributed by atoms with van der Waals surface area (Å²) < 4.78 is 29.6. The highest BCUT2D eigenvalue weighted by Crippen LogP contribution is 2.16. The standard InChI is InChI=1S/C15H21ClO3S/c16-14-8-6-13(7-9-14)4-3-11-20(17,18)12-15-5-1-2-10-19-15/h6-9,15H,1-5,10-12H2. The molecular formula is C15H21ClO3S. The number of rotatable bonds is 6. The smallest absolute Gasteiger partial charge is 0.152 e. The van der Waals surface area contributed by atoms with Crippen molar-refractivity contribution in [2.45, 2.75) is 38.2 Å². The predicted octanol–water partition coefficient (Wildman–Crippen LogP) is 3.26. The van der Waals surface area contributed by atoms with E-state index in [0.717, 1.165) is 31.2 Å². The molecule has 1 fully saturated rings. The summed E-state index contributed by atoms with van der Waals surface area (Å²) in [5, 5.41) is 0.704. The Morgan fingerprint density at radius 2 is 1.95 bits per heavy atom. The Kier molecular flexibility index (Phi) is 5.87. The van der Waals surface area contributed by atoms with E-state index in [1.165, 1.54) is 0 Å². The van der Waals surface area contributed by atoms with Gasteiger partial charge in [0.15, 0.2) is 9.84 Å². The SMILES string of the molecule is O=S(=O)(CCCc1ccc(Cl)cc1)CC1CCCCO1. The molecule has 1 unspecified atom stereocenters. The van der Waals surface area contributed by atoms with E-state index in [-0.39, 0.29) is 17.6 Å². The van der Waals surface area contributed by atoms with Gasteiger partial charge in [-0.15, -0.1) is 0 Å². The number of sulfone groups is 1. The van der Waals surface area contributed by atoms with Crippen molar-refractivity contribution in [1.29, 1.82) is 0 Å². The van der Waals surface area contributed by atoms with Crippen molar-refractivity contribution in [1.82, 2.24) is 0 Å². The lowest BCUT2D eigenvalue weighted by Gasteiger charge is -2.22. The van der Waals surface area contributed by atoms with Gasteiger partial charge in [-0.05, 0) is 49.8 Å². The van der Waals surface area contributed by atoms with Crippen LogP contribution in [-0.4, -0.2) is 32.6 Å². The van der Waals surface area contributed by atoms with Crippen molar-refractivity contribution < 1.29 is 13.2 Å². The second-order valence-corrected chi connectivity index (χ2v) is 8.00. The van der Waals surface area contributed by atoms with Gasteiger partial charge in [0.05, 0.1) is 17.6 Å². The van der Waals surface area contributed by atoms with Gasteiger partial charge in [-0.2, -0.15) is 0 Å². The van der Waals surface area contributed by atoms with Crippen molar-refractivity contribution >= 4 is 21.4 Å². The third-order valence-corrected chi connectivity index (χ3v) is 5.59. The van der Waals surface area contributed by atoms with Crippen LogP contribution in [0.15, 0.2) is 24.3 Å². The summed E-state index contributed by atoms with van der Waals surface area (Å²) >= 11 is 5.82. The maximum absolute atomic E-state index is 12.0. The van der Waals surface area contributed by atoms with Crippen LogP contribution >= 0.6 is 11.6 Å². The fraction of sp³-hybridized carbons (Fsp3) is 0.600. The molecule has 1 aromatic carbocycles. The van der Waals surface area contributed by atoms with Crippen molar-refractivity contribution in [3.05, 3.63) is 34.9 Å². The van der Waals surface area contributed by atoms with Crippen LogP contribution in [0.3, 0.4) is 0 Å². The molecule has 0 N–H and O–H groups in total. The molecule has 0 aromatic heterocycles. The van der Waals surface area contributed by atoms with E-state index in [1.54, 1.807) is 0 Å². The third kappa shape index (κ3) is 5.43. The lowest BCUT2D eigenvalue weighted by molar-refractivity contribution is 0.0305. The van der Waals surface area contributed by atoms with E-state index < -0.39 is 9.84 Å². The molecule has 0 spiro atoms. The summed E-state index contributed by atoms with van der Waals surface area (Å²) in [5.41, 5.74) is 1.12. The zero-order valence-electron chi connectivity index (χ0n) is 11.6. The molecule has 2 rings (SSSR count). The summed E-state index contributed by atoms with van der Waals surface area (Å²) in [4.78, 5) is 0. The van der Waals surface area contributed by atoms with Crippen molar-refractivity contribution in [2.75, 3.05) is 18.1 Å². The summed E-state index contributed by atoms with van der Waals surface area (Å²) in [6, 6.07) is 7.56. The largest absolute Gasteiger partial charge is 0.377 e. The maximum Gasteiger partial charge on any atom is 0.152 e. The number of benzene rings is 1. The van der Waals surface area contributed by atoms with Crippen LogP contribution in [0, 0.1) is 0 Å². The van der Waals surface area contributed by atoms with Gasteiger partial charge < -0.3 is 4.74 Å². The topological polar surface area (TPSA) is 43.4 Å². The molecule has 112 valence electrons. The van der Waals surface area contributed by atoms with E-state index in [9.17, 15) is 8.42 Å². The Balaban J connectivity index is 1.75. The number of ether oxygens (including phenoxy) is 1. The molecule has 3 nitrogen and oxygen atoms in total. The molecule has 0 bridgehead atoms. The Morgan fingerprint density at radius 1 is 1.20 bits per heavy atom. The Hall–Kier alpha value is -0.580. The molecule has 0 amide bonds. The Morgan fingerprint density at radius 3 is 2.60 bits per heavy atom. The highest BCUT2D eigenvalue weighted by molar-refractivity contribution is 7.91. The molecule has 1 saturated heterocycles. The van der Waals surface area contributed by atoms with Crippen LogP contribution in [0.4, 0.5) is 0 Å². The first-order chi connectivity index (χ1) is 9.55. The van der Waals surface area contributed by atoms with E-state index >= 15 is 0 Å². The normalized spacial score (nSPS) is 19.9. The van der Waals surface area contributed by atoms with Crippen LogP contribution in [0.5, 0.6) is 0 Å². The lowest BCUT2D eigenvalue weighted by Crippen LogP contribution is -2.29. The van der Waals surface area contributed by atoms with Gasteiger partial charge in [-0.1, -0.05) is 23.7 Å². The minimum absolute atomic E-state index is 0.0933. The lowest BCUT2D eigenvalue weighted by atomic mass is 10.1. The molecule has 1 atom stereocenters.